The monoisotopic (exact) mass is 431 g/mol. The number of carbonyl (C=O) groups is 1. The van der Waals surface area contributed by atoms with E-state index in [1.807, 2.05) is 30.3 Å². The van der Waals surface area contributed by atoms with Crippen LogP contribution in [0.2, 0.25) is 0 Å². The lowest BCUT2D eigenvalue weighted by Gasteiger charge is -2.14. The molecular weight excluding hydrogens is 406 g/mol. The summed E-state index contributed by atoms with van der Waals surface area (Å²) in [6.45, 7) is 1.33. The minimum absolute atomic E-state index is 0.0259. The summed E-state index contributed by atoms with van der Waals surface area (Å²) < 4.78 is 8.21. The van der Waals surface area contributed by atoms with E-state index in [0.717, 1.165) is 5.56 Å². The third kappa shape index (κ3) is 4.31. The molecule has 1 amide bonds. The van der Waals surface area contributed by atoms with Crippen LogP contribution < -0.4 is 16.4 Å². The molecule has 0 aliphatic carbocycles. The lowest BCUT2D eigenvalue weighted by molar-refractivity contribution is 0.0951. The second-order valence-corrected chi connectivity index (χ2v) is 7.48. The van der Waals surface area contributed by atoms with Gasteiger partial charge < -0.3 is 14.6 Å². The lowest BCUT2D eigenvalue weighted by Crippen LogP contribution is -2.35. The fourth-order valence-corrected chi connectivity index (χ4v) is 3.71. The number of fused-ring (bicyclic) bond motifs is 2. The molecule has 32 heavy (non-hydrogen) atoms. The normalized spacial score (nSPS) is 11.2. The van der Waals surface area contributed by atoms with Gasteiger partial charge in [0.2, 0.25) is 0 Å². The third-order valence-corrected chi connectivity index (χ3v) is 5.34. The number of hydrogen-bond donors (Lipinski definition) is 2. The summed E-state index contributed by atoms with van der Waals surface area (Å²) in [6, 6.07) is 16.6. The van der Waals surface area contributed by atoms with Gasteiger partial charge in [-0.3, -0.25) is 19.4 Å². The quantitative estimate of drug-likeness (QED) is 0.330. The van der Waals surface area contributed by atoms with Crippen LogP contribution in [-0.2, 0) is 17.7 Å². The molecule has 0 aliphatic rings. The zero-order valence-corrected chi connectivity index (χ0v) is 17.9. The van der Waals surface area contributed by atoms with Crippen molar-refractivity contribution >= 4 is 22.6 Å². The average molecular weight is 431 g/mol. The summed E-state index contributed by atoms with van der Waals surface area (Å²) in [5.41, 5.74) is 1.90. The lowest BCUT2D eigenvalue weighted by atomic mass is 10.1. The standard InChI is InChI=1S/C24H25N5O3/c1-32-15-7-14-29-21(25)18(23(30)26-12-11-17-8-3-2-4-9-17)16-19-22(29)27-20-10-5-6-13-28(20)24(19)31/h2-6,8-10,13,16,25H,7,11-12,14-15H2,1H3,(H,26,30). The fourth-order valence-electron chi connectivity index (χ4n) is 3.71. The maximum absolute atomic E-state index is 13.1. The van der Waals surface area contributed by atoms with Crippen LogP contribution in [0, 0.1) is 5.41 Å². The first-order chi connectivity index (χ1) is 15.6. The first-order valence-electron chi connectivity index (χ1n) is 10.5. The second kappa shape index (κ2) is 9.57. The Morgan fingerprint density at radius 3 is 2.72 bits per heavy atom. The Labute approximate surface area is 184 Å². The first-order valence-corrected chi connectivity index (χ1v) is 10.5. The SMILES string of the molecule is COCCCn1c(=N)c(C(=O)NCCc2ccccc2)cc2c(=O)n3ccccc3nc21. The van der Waals surface area contributed by atoms with Crippen molar-refractivity contribution in [3.63, 3.8) is 0 Å². The zero-order chi connectivity index (χ0) is 22.5. The number of hydrogen-bond acceptors (Lipinski definition) is 5. The molecule has 0 bridgehead atoms. The first kappa shape index (κ1) is 21.5. The van der Waals surface area contributed by atoms with Crippen molar-refractivity contribution in [2.24, 2.45) is 0 Å². The summed E-state index contributed by atoms with van der Waals surface area (Å²) in [7, 11) is 1.61. The Morgan fingerprint density at radius 1 is 1.16 bits per heavy atom. The molecule has 3 aromatic heterocycles. The number of amides is 1. The van der Waals surface area contributed by atoms with Crippen molar-refractivity contribution in [3.8, 4) is 0 Å². The number of ether oxygens (including phenoxy) is 1. The van der Waals surface area contributed by atoms with Gasteiger partial charge in [-0.1, -0.05) is 36.4 Å². The van der Waals surface area contributed by atoms with E-state index in [-0.39, 0.29) is 22.5 Å². The van der Waals surface area contributed by atoms with E-state index in [1.165, 1.54) is 10.5 Å². The molecule has 0 saturated carbocycles. The minimum Gasteiger partial charge on any atom is -0.385 e. The largest absolute Gasteiger partial charge is 0.385 e. The number of aromatic nitrogens is 3. The summed E-state index contributed by atoms with van der Waals surface area (Å²) in [5, 5.41) is 11.9. The molecule has 4 rings (SSSR count). The molecule has 8 nitrogen and oxygen atoms in total. The molecule has 1 aromatic carbocycles. The van der Waals surface area contributed by atoms with Gasteiger partial charge in [0.25, 0.3) is 11.5 Å². The predicted molar refractivity (Wildman–Crippen MR) is 122 cm³/mol. The number of nitrogens with one attached hydrogen (secondary N) is 2. The molecule has 0 saturated heterocycles. The number of benzene rings is 1. The van der Waals surface area contributed by atoms with Crippen molar-refractivity contribution < 1.29 is 9.53 Å². The summed E-state index contributed by atoms with van der Waals surface area (Å²) in [5.74, 6) is -0.383. The molecule has 0 fully saturated rings. The second-order valence-electron chi connectivity index (χ2n) is 7.48. The Hall–Kier alpha value is -3.78. The van der Waals surface area contributed by atoms with E-state index in [1.54, 1.807) is 36.1 Å². The summed E-state index contributed by atoms with van der Waals surface area (Å²) >= 11 is 0. The summed E-state index contributed by atoms with van der Waals surface area (Å²) in [4.78, 5) is 30.7. The Kier molecular flexibility index (Phi) is 6.42. The maximum atomic E-state index is 13.1. The zero-order valence-electron chi connectivity index (χ0n) is 17.9. The van der Waals surface area contributed by atoms with Crippen LogP contribution in [0.1, 0.15) is 22.3 Å². The maximum Gasteiger partial charge on any atom is 0.267 e. The van der Waals surface area contributed by atoms with E-state index >= 15 is 0 Å². The van der Waals surface area contributed by atoms with Gasteiger partial charge in [-0.15, -0.1) is 0 Å². The van der Waals surface area contributed by atoms with Crippen molar-refractivity contribution in [1.29, 1.82) is 5.41 Å². The summed E-state index contributed by atoms with van der Waals surface area (Å²) in [6.07, 6.45) is 2.95. The molecular formula is C24H25N5O3. The molecule has 0 spiro atoms. The van der Waals surface area contributed by atoms with Crippen LogP contribution in [0.15, 0.2) is 65.6 Å². The van der Waals surface area contributed by atoms with Gasteiger partial charge in [0.1, 0.15) is 16.8 Å². The molecule has 8 heteroatoms. The highest BCUT2D eigenvalue weighted by Gasteiger charge is 2.17. The van der Waals surface area contributed by atoms with Gasteiger partial charge >= 0.3 is 0 Å². The highest BCUT2D eigenvalue weighted by atomic mass is 16.5. The van der Waals surface area contributed by atoms with Crippen LogP contribution in [0.5, 0.6) is 0 Å². The highest BCUT2D eigenvalue weighted by Crippen LogP contribution is 2.11. The smallest absolute Gasteiger partial charge is 0.267 e. The van der Waals surface area contributed by atoms with E-state index in [2.05, 4.69) is 10.3 Å². The van der Waals surface area contributed by atoms with E-state index in [0.29, 0.717) is 49.2 Å². The van der Waals surface area contributed by atoms with Crippen LogP contribution in [0.25, 0.3) is 16.7 Å². The van der Waals surface area contributed by atoms with Crippen molar-refractivity contribution in [2.45, 2.75) is 19.4 Å². The van der Waals surface area contributed by atoms with Gasteiger partial charge in [-0.2, -0.15) is 0 Å². The molecule has 3 heterocycles. The topological polar surface area (TPSA) is 101 Å². The molecule has 0 atom stereocenters. The van der Waals surface area contributed by atoms with E-state index < -0.39 is 0 Å². The number of aryl methyl sites for hydroxylation is 1. The molecule has 164 valence electrons. The van der Waals surface area contributed by atoms with Gasteiger partial charge in [-0.05, 0) is 36.6 Å². The van der Waals surface area contributed by atoms with Crippen molar-refractivity contribution in [1.82, 2.24) is 19.3 Å². The van der Waals surface area contributed by atoms with Crippen LogP contribution in [-0.4, -0.2) is 40.1 Å². The van der Waals surface area contributed by atoms with E-state index in [4.69, 9.17) is 10.1 Å². The highest BCUT2D eigenvalue weighted by molar-refractivity contribution is 5.96. The molecule has 2 N–H and O–H groups in total. The fraction of sp³-hybridized carbons (Fsp3) is 0.250. The van der Waals surface area contributed by atoms with Crippen LogP contribution in [0.3, 0.4) is 0 Å². The molecule has 4 aromatic rings. The molecule has 0 unspecified atom stereocenters. The number of nitrogens with zero attached hydrogens (tertiary/aromatic N) is 3. The van der Waals surface area contributed by atoms with Gasteiger partial charge in [0, 0.05) is 33.0 Å². The Bertz CT molecular complexity index is 1380. The van der Waals surface area contributed by atoms with Crippen LogP contribution in [0.4, 0.5) is 0 Å². The van der Waals surface area contributed by atoms with Crippen molar-refractivity contribution in [2.75, 3.05) is 20.3 Å². The Balaban J connectivity index is 1.74. The third-order valence-electron chi connectivity index (χ3n) is 5.34. The average Bonchev–Trinajstić information content (AvgIpc) is 2.81. The van der Waals surface area contributed by atoms with Gasteiger partial charge in [-0.25, -0.2) is 4.98 Å². The molecule has 0 radical (unpaired) electrons. The number of carbonyl (C=O) groups excluding carboxylic acids is 1. The van der Waals surface area contributed by atoms with Gasteiger partial charge in [0.05, 0.1) is 10.9 Å². The minimum atomic E-state index is -0.383. The Morgan fingerprint density at radius 2 is 1.94 bits per heavy atom. The van der Waals surface area contributed by atoms with Crippen molar-refractivity contribution in [3.05, 3.63) is 87.8 Å². The number of pyridine rings is 2. The predicted octanol–water partition coefficient (Wildman–Crippen LogP) is 2.14. The molecule has 0 aliphatic heterocycles. The van der Waals surface area contributed by atoms with Gasteiger partial charge in [0.15, 0.2) is 0 Å². The number of methoxy groups -OCH3 is 1. The van der Waals surface area contributed by atoms with E-state index in [9.17, 15) is 9.59 Å². The van der Waals surface area contributed by atoms with Crippen LogP contribution >= 0.6 is 0 Å². The number of rotatable bonds is 8.